The molecule has 1 N–H and O–H groups in total. The van der Waals surface area contributed by atoms with Gasteiger partial charge in [-0.15, -0.1) is 0 Å². The molecule has 0 radical (unpaired) electrons. The van der Waals surface area contributed by atoms with Crippen LogP contribution in [0.15, 0.2) is 53.6 Å². The van der Waals surface area contributed by atoms with Crippen LogP contribution in [-0.4, -0.2) is 52.8 Å². The van der Waals surface area contributed by atoms with E-state index in [-0.39, 0.29) is 11.9 Å². The summed E-state index contributed by atoms with van der Waals surface area (Å²) in [5.41, 5.74) is 3.32. The second-order valence-electron chi connectivity index (χ2n) is 8.02. The summed E-state index contributed by atoms with van der Waals surface area (Å²) in [6, 6.07) is 16.4. The molecule has 2 heterocycles. The van der Waals surface area contributed by atoms with Crippen LogP contribution in [0.3, 0.4) is 0 Å². The number of aromatic nitrogens is 2. The number of nitrogens with zero attached hydrogens (tertiary/aromatic N) is 3. The molecule has 168 valence electrons. The van der Waals surface area contributed by atoms with Gasteiger partial charge in [-0.05, 0) is 30.5 Å². The number of para-hydroxylation sites is 1. The Labute approximate surface area is 193 Å². The number of thioether (sulfide) groups is 1. The normalized spacial score (nSPS) is 15.6. The summed E-state index contributed by atoms with van der Waals surface area (Å²) in [5, 5.41) is 4.95. The first-order valence-corrected chi connectivity index (χ1v) is 12.2. The zero-order chi connectivity index (χ0) is 22.3. The molecule has 0 bridgehead atoms. The fourth-order valence-corrected chi connectivity index (χ4v) is 4.63. The third kappa shape index (κ3) is 5.85. The van der Waals surface area contributed by atoms with E-state index >= 15 is 0 Å². The number of hydrogen-bond donors (Lipinski definition) is 1. The van der Waals surface area contributed by atoms with Crippen LogP contribution in [0, 0.1) is 0 Å². The summed E-state index contributed by atoms with van der Waals surface area (Å²) in [4.78, 5) is 24.5. The van der Waals surface area contributed by atoms with E-state index in [9.17, 15) is 4.79 Å². The molecule has 1 saturated heterocycles. The van der Waals surface area contributed by atoms with Crippen molar-refractivity contribution < 1.29 is 9.53 Å². The molecule has 1 amide bonds. The first-order chi connectivity index (χ1) is 15.6. The van der Waals surface area contributed by atoms with Crippen molar-refractivity contribution in [1.82, 2.24) is 20.2 Å². The molecule has 1 aliphatic heterocycles. The lowest BCUT2D eigenvalue weighted by Crippen LogP contribution is -2.36. The molecule has 32 heavy (non-hydrogen) atoms. The maximum Gasteiger partial charge on any atom is 0.230 e. The number of hydrogen-bond acceptors (Lipinski definition) is 6. The second-order valence-corrected chi connectivity index (χ2v) is 8.99. The van der Waals surface area contributed by atoms with Gasteiger partial charge in [0.05, 0.1) is 37.1 Å². The third-order valence-corrected chi connectivity index (χ3v) is 6.68. The van der Waals surface area contributed by atoms with Gasteiger partial charge in [0.2, 0.25) is 5.91 Å². The third-order valence-electron chi connectivity index (χ3n) is 5.69. The molecular formula is C25H30N4O2S. The largest absolute Gasteiger partial charge is 0.379 e. The Morgan fingerprint density at radius 3 is 2.62 bits per heavy atom. The first-order valence-electron chi connectivity index (χ1n) is 11.2. The average molecular weight is 451 g/mol. The molecule has 4 rings (SSSR count). The van der Waals surface area contributed by atoms with Crippen LogP contribution in [0.5, 0.6) is 0 Å². The number of carbonyl (C=O) groups is 1. The van der Waals surface area contributed by atoms with E-state index in [0.29, 0.717) is 12.3 Å². The lowest BCUT2D eigenvalue weighted by Gasteiger charge is -2.25. The lowest BCUT2D eigenvalue weighted by molar-refractivity contribution is -0.119. The zero-order valence-corrected chi connectivity index (χ0v) is 19.5. The molecule has 1 atom stereocenters. The number of fused-ring (bicyclic) bond motifs is 1. The quantitative estimate of drug-likeness (QED) is 0.413. The molecule has 0 saturated carbocycles. The number of amides is 1. The van der Waals surface area contributed by atoms with Crippen LogP contribution >= 0.6 is 11.8 Å². The highest BCUT2D eigenvalue weighted by Crippen LogP contribution is 2.26. The van der Waals surface area contributed by atoms with Crippen LogP contribution in [0.2, 0.25) is 0 Å². The Morgan fingerprint density at radius 1 is 1.12 bits per heavy atom. The summed E-state index contributed by atoms with van der Waals surface area (Å²) in [6.07, 6.45) is 1.01. The van der Waals surface area contributed by atoms with Gasteiger partial charge in [-0.2, -0.15) is 0 Å². The fraction of sp³-hybridized carbons (Fsp3) is 0.400. The van der Waals surface area contributed by atoms with Crippen LogP contribution in [0.1, 0.15) is 36.8 Å². The number of benzene rings is 2. The molecule has 2 aromatic carbocycles. The summed E-state index contributed by atoms with van der Waals surface area (Å²) < 4.78 is 5.44. The van der Waals surface area contributed by atoms with E-state index in [2.05, 4.69) is 41.4 Å². The van der Waals surface area contributed by atoms with Gasteiger partial charge >= 0.3 is 0 Å². The Kier molecular flexibility index (Phi) is 7.73. The van der Waals surface area contributed by atoms with Gasteiger partial charge in [0.1, 0.15) is 10.9 Å². The molecule has 0 spiro atoms. The average Bonchev–Trinajstić information content (AvgIpc) is 2.83. The van der Waals surface area contributed by atoms with Gasteiger partial charge in [0.25, 0.3) is 0 Å². The summed E-state index contributed by atoms with van der Waals surface area (Å²) in [5.74, 6) is 1.10. The van der Waals surface area contributed by atoms with Gasteiger partial charge in [-0.25, -0.2) is 9.97 Å². The Balaban J connectivity index is 1.42. The molecule has 6 nitrogen and oxygen atoms in total. The van der Waals surface area contributed by atoms with E-state index in [4.69, 9.17) is 14.7 Å². The van der Waals surface area contributed by atoms with E-state index < -0.39 is 0 Å². The minimum atomic E-state index is -0.0342. The van der Waals surface area contributed by atoms with Gasteiger partial charge in [0, 0.05) is 18.5 Å². The number of nitrogens with one attached hydrogen (secondary N) is 1. The van der Waals surface area contributed by atoms with Gasteiger partial charge in [0.15, 0.2) is 0 Å². The minimum absolute atomic E-state index is 0.000472. The Morgan fingerprint density at radius 2 is 1.88 bits per heavy atom. The van der Waals surface area contributed by atoms with Crippen LogP contribution in [0.4, 0.5) is 0 Å². The van der Waals surface area contributed by atoms with Gasteiger partial charge in [-0.3, -0.25) is 9.69 Å². The monoisotopic (exact) mass is 450 g/mol. The summed E-state index contributed by atoms with van der Waals surface area (Å²) in [7, 11) is 0. The molecule has 1 aliphatic rings. The van der Waals surface area contributed by atoms with Crippen LogP contribution in [-0.2, 0) is 22.5 Å². The predicted octanol–water partition coefficient (Wildman–Crippen LogP) is 3.99. The van der Waals surface area contributed by atoms with Crippen molar-refractivity contribution in [3.63, 3.8) is 0 Å². The molecule has 1 fully saturated rings. The molecular weight excluding hydrogens is 420 g/mol. The van der Waals surface area contributed by atoms with Crippen molar-refractivity contribution in [3.8, 4) is 0 Å². The van der Waals surface area contributed by atoms with Gasteiger partial charge < -0.3 is 10.1 Å². The smallest absolute Gasteiger partial charge is 0.230 e. The van der Waals surface area contributed by atoms with Crippen LogP contribution in [0.25, 0.3) is 10.9 Å². The molecule has 0 aliphatic carbocycles. The Bertz CT molecular complexity index is 1050. The highest BCUT2D eigenvalue weighted by Gasteiger charge is 2.16. The van der Waals surface area contributed by atoms with Crippen molar-refractivity contribution >= 4 is 28.6 Å². The fourth-order valence-electron chi connectivity index (χ4n) is 3.78. The number of rotatable bonds is 8. The maximum atomic E-state index is 12.7. The number of carbonyl (C=O) groups excluding carboxylic acids is 1. The predicted molar refractivity (Wildman–Crippen MR) is 129 cm³/mol. The SMILES string of the molecule is CCc1ccc([C@H](C)NC(=O)CSc2nc(CN3CCOCC3)nc3ccccc23)cc1. The number of ether oxygens (including phenoxy) is 1. The second kappa shape index (κ2) is 10.9. The van der Waals surface area contributed by atoms with E-state index in [0.717, 1.165) is 60.0 Å². The van der Waals surface area contributed by atoms with Crippen molar-refractivity contribution in [2.75, 3.05) is 32.1 Å². The molecule has 0 unspecified atom stereocenters. The summed E-state index contributed by atoms with van der Waals surface area (Å²) in [6.45, 7) is 8.11. The Hall–Kier alpha value is -2.48. The maximum absolute atomic E-state index is 12.7. The zero-order valence-electron chi connectivity index (χ0n) is 18.7. The van der Waals surface area contributed by atoms with E-state index in [1.54, 1.807) is 0 Å². The first kappa shape index (κ1) is 22.7. The number of aryl methyl sites for hydroxylation is 1. The minimum Gasteiger partial charge on any atom is -0.379 e. The van der Waals surface area contributed by atoms with Crippen molar-refractivity contribution in [3.05, 3.63) is 65.5 Å². The van der Waals surface area contributed by atoms with E-state index in [1.165, 1.54) is 17.3 Å². The van der Waals surface area contributed by atoms with Gasteiger partial charge in [-0.1, -0.05) is 61.2 Å². The highest BCUT2D eigenvalue weighted by atomic mass is 32.2. The standard InChI is InChI=1S/C25H30N4O2S/c1-3-19-8-10-20(11-9-19)18(2)26-24(30)17-32-25-21-6-4-5-7-22(21)27-23(28-25)16-29-12-14-31-15-13-29/h4-11,18H,3,12-17H2,1-2H3,(H,26,30)/t18-/m0/s1. The van der Waals surface area contributed by atoms with E-state index in [1.807, 2.05) is 31.2 Å². The van der Waals surface area contributed by atoms with Crippen LogP contribution < -0.4 is 5.32 Å². The topological polar surface area (TPSA) is 67.4 Å². The lowest BCUT2D eigenvalue weighted by atomic mass is 10.1. The number of morpholine rings is 1. The van der Waals surface area contributed by atoms with Crippen molar-refractivity contribution in [2.45, 2.75) is 37.9 Å². The summed E-state index contributed by atoms with van der Waals surface area (Å²) >= 11 is 1.47. The van der Waals surface area contributed by atoms with Crippen molar-refractivity contribution in [1.29, 1.82) is 0 Å². The van der Waals surface area contributed by atoms with Crippen molar-refractivity contribution in [2.24, 2.45) is 0 Å². The molecule has 3 aromatic rings. The molecule has 7 heteroatoms. The molecule has 1 aromatic heterocycles. The highest BCUT2D eigenvalue weighted by molar-refractivity contribution is 8.00.